The van der Waals surface area contributed by atoms with Crippen molar-refractivity contribution in [1.82, 2.24) is 0 Å². The molecule has 0 aliphatic heterocycles. The van der Waals surface area contributed by atoms with E-state index in [1.165, 1.54) is 0 Å². The van der Waals surface area contributed by atoms with Crippen molar-refractivity contribution in [3.8, 4) is 0 Å². The molecule has 0 aliphatic rings. The Morgan fingerprint density at radius 3 is 1.67 bits per heavy atom. The van der Waals surface area contributed by atoms with Gasteiger partial charge in [0.2, 0.25) is 0 Å². The number of halogens is 2. The zero-order chi connectivity index (χ0) is 7.71. The largest absolute Gasteiger partial charge is 0.358 e. The first-order valence-corrected chi connectivity index (χ1v) is 2.46. The van der Waals surface area contributed by atoms with Crippen LogP contribution >= 0.6 is 0 Å². The molecular weight excluding hydrogens is 130 g/mol. The molecule has 2 atom stereocenters. The lowest BCUT2D eigenvalue weighted by Gasteiger charge is -2.26. The Bertz CT molecular complexity index is 95.6. The van der Waals surface area contributed by atoms with Crippen molar-refractivity contribution in [3.05, 3.63) is 0 Å². The van der Waals surface area contributed by atoms with Gasteiger partial charge in [0.25, 0.3) is 11.7 Å². The average molecular weight is 140 g/mol. The Hall–Kier alpha value is -0.220. The fourth-order valence-electron chi connectivity index (χ4n) is 0.186. The quantitative estimate of drug-likeness (QED) is 0.620. The van der Waals surface area contributed by atoms with E-state index in [9.17, 15) is 8.78 Å². The predicted molar refractivity (Wildman–Crippen MR) is 28.3 cm³/mol. The van der Waals surface area contributed by atoms with Crippen LogP contribution in [0.25, 0.3) is 0 Å². The number of ether oxygens (including phenoxy) is 1. The molecule has 2 unspecified atom stereocenters. The van der Waals surface area contributed by atoms with Crippen LogP contribution in [0.2, 0.25) is 0 Å². The Kier molecular flexibility index (Phi) is 2.14. The molecule has 0 heterocycles. The van der Waals surface area contributed by atoms with E-state index in [1.807, 2.05) is 0 Å². The van der Waals surface area contributed by atoms with E-state index >= 15 is 0 Å². The molecule has 56 valence electrons. The number of methoxy groups -OCH3 is 1. The third kappa shape index (κ3) is 1.87. The van der Waals surface area contributed by atoms with Crippen LogP contribution in [0.5, 0.6) is 0 Å². The van der Waals surface area contributed by atoms with Gasteiger partial charge in [-0.3, -0.25) is 0 Å². The van der Waals surface area contributed by atoms with Gasteiger partial charge in [0.1, 0.15) is 0 Å². The Balaban J connectivity index is 4.14. The van der Waals surface area contributed by atoms with Crippen molar-refractivity contribution in [2.24, 2.45) is 0 Å². The van der Waals surface area contributed by atoms with Crippen LogP contribution < -0.4 is 0 Å². The van der Waals surface area contributed by atoms with Gasteiger partial charge in [-0.1, -0.05) is 0 Å². The minimum atomic E-state index is -2.94. The molecule has 1 N–H and O–H groups in total. The third-order valence-electron chi connectivity index (χ3n) is 1.20. The van der Waals surface area contributed by atoms with E-state index in [-0.39, 0.29) is 0 Å². The summed E-state index contributed by atoms with van der Waals surface area (Å²) in [5.41, 5.74) is 0. The molecule has 0 bridgehead atoms. The van der Waals surface area contributed by atoms with Crippen molar-refractivity contribution in [2.75, 3.05) is 7.11 Å². The molecule has 0 amide bonds. The second-order valence-electron chi connectivity index (χ2n) is 2.07. The highest BCUT2D eigenvalue weighted by Crippen LogP contribution is 2.27. The molecule has 0 aromatic rings. The second kappa shape index (κ2) is 2.19. The molecule has 0 aromatic heterocycles. The van der Waals surface area contributed by atoms with E-state index in [1.54, 1.807) is 0 Å². The standard InChI is InChI=1S/C5H10F2O2/c1-4(6,8)5(2,7)9-3/h8H,1-3H3. The number of hydrogen-bond acceptors (Lipinski definition) is 2. The molecule has 0 rings (SSSR count). The van der Waals surface area contributed by atoms with Gasteiger partial charge in [0.05, 0.1) is 0 Å². The van der Waals surface area contributed by atoms with Gasteiger partial charge in [0.15, 0.2) is 0 Å². The first kappa shape index (κ1) is 8.78. The molecule has 0 aromatic carbocycles. The van der Waals surface area contributed by atoms with Gasteiger partial charge < -0.3 is 9.84 Å². The molecule has 0 radical (unpaired) electrons. The molecule has 0 saturated heterocycles. The fraction of sp³-hybridized carbons (Fsp3) is 1.00. The van der Waals surface area contributed by atoms with Crippen LogP contribution in [0.4, 0.5) is 8.78 Å². The van der Waals surface area contributed by atoms with E-state index in [0.29, 0.717) is 6.92 Å². The number of hydrogen-bond donors (Lipinski definition) is 1. The van der Waals surface area contributed by atoms with Crippen molar-refractivity contribution >= 4 is 0 Å². The second-order valence-corrected chi connectivity index (χ2v) is 2.07. The van der Waals surface area contributed by atoms with Crippen molar-refractivity contribution in [2.45, 2.75) is 25.6 Å². The summed E-state index contributed by atoms with van der Waals surface area (Å²) in [5, 5.41) is 8.38. The van der Waals surface area contributed by atoms with Crippen molar-refractivity contribution in [1.29, 1.82) is 0 Å². The van der Waals surface area contributed by atoms with Crippen LogP contribution in [0.15, 0.2) is 0 Å². The summed E-state index contributed by atoms with van der Waals surface area (Å²) in [4.78, 5) is 0. The summed E-state index contributed by atoms with van der Waals surface area (Å²) in [6.45, 7) is 1.50. The molecule has 0 fully saturated rings. The lowest BCUT2D eigenvalue weighted by molar-refractivity contribution is -0.281. The maximum atomic E-state index is 12.5. The summed E-state index contributed by atoms with van der Waals surface area (Å²) in [6.07, 6.45) is 0. The predicted octanol–water partition coefficient (Wildman–Crippen LogP) is 0.996. The van der Waals surface area contributed by atoms with Crippen LogP contribution in [-0.2, 0) is 4.74 Å². The van der Waals surface area contributed by atoms with Gasteiger partial charge in [-0.05, 0) is 0 Å². The molecule has 0 aliphatic carbocycles. The minimum absolute atomic E-state index is 0.691. The maximum Gasteiger partial charge on any atom is 0.265 e. The summed E-state index contributed by atoms with van der Waals surface area (Å²) < 4.78 is 28.7. The Morgan fingerprint density at radius 1 is 1.33 bits per heavy atom. The Labute approximate surface area is 52.4 Å². The van der Waals surface area contributed by atoms with Gasteiger partial charge in [-0.2, -0.15) is 0 Å². The van der Waals surface area contributed by atoms with E-state index < -0.39 is 11.7 Å². The molecule has 9 heavy (non-hydrogen) atoms. The maximum absolute atomic E-state index is 12.5. The topological polar surface area (TPSA) is 29.5 Å². The lowest BCUT2D eigenvalue weighted by Crippen LogP contribution is -2.44. The molecule has 2 nitrogen and oxygen atoms in total. The first-order valence-electron chi connectivity index (χ1n) is 2.46. The molecular formula is C5H10F2O2. The smallest absolute Gasteiger partial charge is 0.265 e. The number of aliphatic hydroxyl groups is 1. The van der Waals surface area contributed by atoms with Crippen LogP contribution in [0.1, 0.15) is 13.8 Å². The lowest BCUT2D eigenvalue weighted by atomic mass is 10.2. The SMILES string of the molecule is COC(C)(F)C(C)(O)F. The third-order valence-corrected chi connectivity index (χ3v) is 1.20. The van der Waals surface area contributed by atoms with Crippen LogP contribution in [-0.4, -0.2) is 23.9 Å². The fourth-order valence-corrected chi connectivity index (χ4v) is 0.186. The summed E-state index contributed by atoms with van der Waals surface area (Å²) in [7, 11) is 0.980. The van der Waals surface area contributed by atoms with E-state index in [4.69, 9.17) is 5.11 Å². The first-order chi connectivity index (χ1) is 3.81. The Morgan fingerprint density at radius 2 is 1.67 bits per heavy atom. The normalized spacial score (nSPS) is 24.7. The molecule has 4 heteroatoms. The van der Waals surface area contributed by atoms with Crippen LogP contribution in [0.3, 0.4) is 0 Å². The van der Waals surface area contributed by atoms with Gasteiger partial charge >= 0.3 is 0 Å². The van der Waals surface area contributed by atoms with Gasteiger partial charge in [0, 0.05) is 21.0 Å². The molecule has 0 saturated carbocycles. The van der Waals surface area contributed by atoms with E-state index in [2.05, 4.69) is 4.74 Å². The zero-order valence-corrected chi connectivity index (χ0v) is 5.61. The highest BCUT2D eigenvalue weighted by molar-refractivity contribution is 4.74. The number of alkyl halides is 2. The minimum Gasteiger partial charge on any atom is -0.358 e. The van der Waals surface area contributed by atoms with Crippen LogP contribution in [0, 0.1) is 0 Å². The molecule has 0 spiro atoms. The zero-order valence-electron chi connectivity index (χ0n) is 5.61. The summed E-state index contributed by atoms with van der Waals surface area (Å²) in [6, 6.07) is 0. The van der Waals surface area contributed by atoms with E-state index in [0.717, 1.165) is 14.0 Å². The summed E-state index contributed by atoms with van der Waals surface area (Å²) >= 11 is 0. The van der Waals surface area contributed by atoms with Gasteiger partial charge in [-0.25, -0.2) is 8.78 Å². The highest BCUT2D eigenvalue weighted by Gasteiger charge is 2.44. The summed E-state index contributed by atoms with van der Waals surface area (Å²) in [5.74, 6) is -5.57. The highest BCUT2D eigenvalue weighted by atomic mass is 19.2. The average Bonchev–Trinajstić information content (AvgIpc) is 1.64. The number of rotatable bonds is 2. The van der Waals surface area contributed by atoms with Gasteiger partial charge in [-0.15, -0.1) is 0 Å². The van der Waals surface area contributed by atoms with Crippen molar-refractivity contribution in [3.63, 3.8) is 0 Å². The van der Waals surface area contributed by atoms with Crippen molar-refractivity contribution < 1.29 is 18.6 Å². The monoisotopic (exact) mass is 140 g/mol.